The van der Waals surface area contributed by atoms with Gasteiger partial charge in [0, 0.05) is 87.8 Å². The molecule has 0 saturated carbocycles. The van der Waals surface area contributed by atoms with Crippen LogP contribution >= 0.6 is 0 Å². The van der Waals surface area contributed by atoms with Gasteiger partial charge in [-0.1, -0.05) is 0 Å². The summed E-state index contributed by atoms with van der Waals surface area (Å²) in [7, 11) is 0. The van der Waals surface area contributed by atoms with Crippen LogP contribution in [0.1, 0.15) is 16.1 Å². The molecule has 2 fully saturated rings. The molecule has 3 aliphatic rings. The fourth-order valence-electron chi connectivity index (χ4n) is 5.28. The molecule has 3 aromatic rings. The quantitative estimate of drug-likeness (QED) is 0.446. The molecule has 3 aliphatic heterocycles. The summed E-state index contributed by atoms with van der Waals surface area (Å²) in [5, 5.41) is 9.19. The number of hydrogen-bond donors (Lipinski definition) is 2. The summed E-state index contributed by atoms with van der Waals surface area (Å²) < 4.78 is 5.54. The molecular weight excluding hydrogens is 500 g/mol. The van der Waals surface area contributed by atoms with Gasteiger partial charge in [0.05, 0.1) is 25.5 Å². The second kappa shape index (κ2) is 11.0. The van der Waals surface area contributed by atoms with Gasteiger partial charge < -0.3 is 30.3 Å². The lowest BCUT2D eigenvalue weighted by Gasteiger charge is -2.34. The predicted octanol–water partition coefficient (Wildman–Crippen LogP) is 0.192. The van der Waals surface area contributed by atoms with Crippen LogP contribution < -0.4 is 15.5 Å². The van der Waals surface area contributed by atoms with Crippen LogP contribution in [0.5, 0.6) is 0 Å². The average Bonchev–Trinajstić information content (AvgIpc) is 3.42. The molecule has 6 rings (SSSR count). The number of anilines is 4. The number of amides is 1. The lowest BCUT2D eigenvalue weighted by atomic mass is 10.1. The summed E-state index contributed by atoms with van der Waals surface area (Å²) in [6, 6.07) is 3.76. The number of nitrogen functional groups attached to an aromatic ring is 1. The summed E-state index contributed by atoms with van der Waals surface area (Å²) in [4.78, 5) is 44.3. The molecular formula is C26H32N10O3. The Bertz CT molecular complexity index is 1320. The highest BCUT2D eigenvalue weighted by Gasteiger charge is 2.30. The van der Waals surface area contributed by atoms with E-state index < -0.39 is 0 Å². The van der Waals surface area contributed by atoms with E-state index in [1.807, 2.05) is 17.0 Å². The van der Waals surface area contributed by atoms with Gasteiger partial charge in [-0.15, -0.1) is 0 Å². The molecule has 39 heavy (non-hydrogen) atoms. The topological polar surface area (TPSA) is 150 Å². The largest absolute Gasteiger partial charge is 0.395 e. The summed E-state index contributed by atoms with van der Waals surface area (Å²) >= 11 is 0. The van der Waals surface area contributed by atoms with Crippen molar-refractivity contribution in [2.45, 2.75) is 6.42 Å². The lowest BCUT2D eigenvalue weighted by Crippen LogP contribution is -2.49. The highest BCUT2D eigenvalue weighted by Crippen LogP contribution is 2.39. The molecule has 1 amide bonds. The average molecular weight is 533 g/mol. The van der Waals surface area contributed by atoms with Crippen molar-refractivity contribution in [3.63, 3.8) is 0 Å². The van der Waals surface area contributed by atoms with Crippen molar-refractivity contribution in [1.82, 2.24) is 34.7 Å². The van der Waals surface area contributed by atoms with Gasteiger partial charge >= 0.3 is 0 Å². The van der Waals surface area contributed by atoms with E-state index in [0.717, 1.165) is 47.8 Å². The maximum atomic E-state index is 13.3. The number of aliphatic hydroxyl groups is 1. The Morgan fingerprint density at radius 1 is 1.00 bits per heavy atom. The van der Waals surface area contributed by atoms with E-state index in [4.69, 9.17) is 20.4 Å². The second-order valence-electron chi connectivity index (χ2n) is 9.76. The van der Waals surface area contributed by atoms with Crippen LogP contribution in [0.15, 0.2) is 30.7 Å². The highest BCUT2D eigenvalue weighted by atomic mass is 16.5. The maximum Gasteiger partial charge on any atom is 0.272 e. The normalized spacial score (nSPS) is 17.9. The number of ether oxygens (including phenoxy) is 1. The summed E-state index contributed by atoms with van der Waals surface area (Å²) in [6.45, 7) is 6.79. The summed E-state index contributed by atoms with van der Waals surface area (Å²) in [6.07, 6.45) is 5.80. The van der Waals surface area contributed by atoms with E-state index in [1.165, 1.54) is 0 Å². The lowest BCUT2D eigenvalue weighted by molar-refractivity contribution is 0.0609. The number of carbonyl (C=O) groups is 1. The highest BCUT2D eigenvalue weighted by molar-refractivity contribution is 5.93. The molecule has 0 radical (unpaired) electrons. The molecule has 0 atom stereocenters. The third-order valence-corrected chi connectivity index (χ3v) is 7.40. The standard InChI is InChI=1S/C26H32N10O3/c27-25-29-16-18(17-30-25)22-20-2-4-36(23(20)32-26(31-22)35-10-13-39-14-11-35)19-1-3-28-21(15-19)24(38)34-7-5-33(6-8-34)9-12-37/h1,3,15-17,37H,2,4-14H2,(H2,27,29,30). The number of pyridine rings is 1. The molecule has 13 heteroatoms. The van der Waals surface area contributed by atoms with Crippen molar-refractivity contribution < 1.29 is 14.6 Å². The van der Waals surface area contributed by atoms with Crippen LogP contribution in [0.3, 0.4) is 0 Å². The van der Waals surface area contributed by atoms with Crippen molar-refractivity contribution in [2.24, 2.45) is 0 Å². The molecule has 0 aromatic carbocycles. The number of morpholine rings is 1. The number of carbonyl (C=O) groups excluding carboxylic acids is 1. The SMILES string of the molecule is Nc1ncc(-c2nc(N3CCOCC3)nc3c2CCN3c2ccnc(C(=O)N3CCN(CCO)CC3)c2)cn1. The molecule has 0 unspecified atom stereocenters. The van der Waals surface area contributed by atoms with Crippen molar-refractivity contribution in [3.8, 4) is 11.3 Å². The first-order valence-corrected chi connectivity index (χ1v) is 13.3. The van der Waals surface area contributed by atoms with E-state index in [-0.39, 0.29) is 18.5 Å². The Balaban J connectivity index is 1.31. The first kappa shape index (κ1) is 25.3. The molecule has 3 N–H and O–H groups in total. The molecule has 0 bridgehead atoms. The third-order valence-electron chi connectivity index (χ3n) is 7.40. The van der Waals surface area contributed by atoms with Gasteiger partial charge in [-0.3, -0.25) is 14.7 Å². The van der Waals surface area contributed by atoms with Crippen LogP contribution in [0.4, 0.5) is 23.4 Å². The van der Waals surface area contributed by atoms with E-state index in [0.29, 0.717) is 64.1 Å². The monoisotopic (exact) mass is 532 g/mol. The first-order valence-electron chi connectivity index (χ1n) is 13.3. The van der Waals surface area contributed by atoms with Gasteiger partial charge in [0.25, 0.3) is 5.91 Å². The fraction of sp³-hybridized carbons (Fsp3) is 0.462. The maximum absolute atomic E-state index is 13.3. The van der Waals surface area contributed by atoms with Gasteiger partial charge in [0.2, 0.25) is 11.9 Å². The van der Waals surface area contributed by atoms with Crippen LogP contribution in [0.2, 0.25) is 0 Å². The summed E-state index contributed by atoms with van der Waals surface area (Å²) in [5.41, 5.74) is 9.58. The van der Waals surface area contributed by atoms with Crippen molar-refractivity contribution >= 4 is 29.3 Å². The predicted molar refractivity (Wildman–Crippen MR) is 145 cm³/mol. The molecule has 204 valence electrons. The zero-order chi connectivity index (χ0) is 26.8. The Morgan fingerprint density at radius 2 is 1.77 bits per heavy atom. The Kier molecular flexibility index (Phi) is 7.18. The summed E-state index contributed by atoms with van der Waals surface area (Å²) in [5.74, 6) is 1.56. The number of piperazine rings is 1. The van der Waals surface area contributed by atoms with E-state index in [2.05, 4.69) is 29.7 Å². The van der Waals surface area contributed by atoms with E-state index in [1.54, 1.807) is 18.6 Å². The zero-order valence-corrected chi connectivity index (χ0v) is 21.7. The second-order valence-corrected chi connectivity index (χ2v) is 9.76. The first-order chi connectivity index (χ1) is 19.1. The Morgan fingerprint density at radius 3 is 2.51 bits per heavy atom. The van der Waals surface area contributed by atoms with Gasteiger partial charge in [-0.2, -0.15) is 4.98 Å². The van der Waals surface area contributed by atoms with Crippen LogP contribution in [0.25, 0.3) is 11.3 Å². The minimum absolute atomic E-state index is 0.0867. The number of β-amino-alcohol motifs (C(OH)–C–C–N with tert-alkyl or cyclic N) is 1. The van der Waals surface area contributed by atoms with Crippen molar-refractivity contribution in [3.05, 3.63) is 42.0 Å². The number of rotatable bonds is 6. The number of aliphatic hydroxyl groups excluding tert-OH is 1. The van der Waals surface area contributed by atoms with Crippen LogP contribution in [-0.2, 0) is 11.2 Å². The Hall–Kier alpha value is -3.94. The molecule has 13 nitrogen and oxygen atoms in total. The Labute approximate surface area is 226 Å². The number of aromatic nitrogens is 5. The minimum atomic E-state index is -0.0867. The fourth-order valence-corrected chi connectivity index (χ4v) is 5.28. The number of fused-ring (bicyclic) bond motifs is 1. The van der Waals surface area contributed by atoms with Gasteiger partial charge in [-0.25, -0.2) is 15.0 Å². The molecule has 3 aromatic heterocycles. The van der Waals surface area contributed by atoms with Gasteiger partial charge in [-0.05, 0) is 18.6 Å². The van der Waals surface area contributed by atoms with E-state index in [9.17, 15) is 9.90 Å². The van der Waals surface area contributed by atoms with Crippen LogP contribution in [0, 0.1) is 0 Å². The smallest absolute Gasteiger partial charge is 0.272 e. The van der Waals surface area contributed by atoms with Crippen LogP contribution in [-0.4, -0.2) is 118 Å². The number of hydrogen-bond acceptors (Lipinski definition) is 12. The molecule has 2 saturated heterocycles. The minimum Gasteiger partial charge on any atom is -0.395 e. The molecule has 0 spiro atoms. The third kappa shape index (κ3) is 5.20. The van der Waals surface area contributed by atoms with Gasteiger partial charge in [0.15, 0.2) is 0 Å². The van der Waals surface area contributed by atoms with Gasteiger partial charge in [0.1, 0.15) is 11.5 Å². The van der Waals surface area contributed by atoms with Crippen molar-refractivity contribution in [2.75, 3.05) is 87.7 Å². The van der Waals surface area contributed by atoms with E-state index >= 15 is 0 Å². The molecule has 6 heterocycles. The number of nitrogens with zero attached hydrogens (tertiary/aromatic N) is 9. The zero-order valence-electron chi connectivity index (χ0n) is 21.7. The molecule has 0 aliphatic carbocycles. The number of nitrogens with two attached hydrogens (primary N) is 1. The van der Waals surface area contributed by atoms with Crippen molar-refractivity contribution in [1.29, 1.82) is 0 Å².